The molecule has 0 radical (unpaired) electrons. The summed E-state index contributed by atoms with van der Waals surface area (Å²) in [6.07, 6.45) is 5.98. The molecular formula is C15H28N2O2. The minimum atomic E-state index is -0.282. The lowest BCUT2D eigenvalue weighted by molar-refractivity contribution is -0.193. The van der Waals surface area contributed by atoms with E-state index in [2.05, 4.69) is 31.2 Å². The van der Waals surface area contributed by atoms with Crippen LogP contribution >= 0.6 is 0 Å². The van der Waals surface area contributed by atoms with Crippen LogP contribution < -0.4 is 5.32 Å². The third-order valence-electron chi connectivity index (χ3n) is 5.47. The second-order valence-electron chi connectivity index (χ2n) is 6.56. The highest BCUT2D eigenvalue weighted by atomic mass is 16.7. The fourth-order valence-corrected chi connectivity index (χ4v) is 3.87. The van der Waals surface area contributed by atoms with Gasteiger partial charge < -0.3 is 14.8 Å². The molecule has 0 aromatic carbocycles. The third-order valence-corrected chi connectivity index (χ3v) is 5.47. The average molecular weight is 268 g/mol. The molecule has 0 bridgehead atoms. The van der Waals surface area contributed by atoms with Crippen LogP contribution in [0, 0.1) is 5.92 Å². The average Bonchev–Trinajstić information content (AvgIpc) is 3.19. The monoisotopic (exact) mass is 268 g/mol. The molecule has 3 atom stereocenters. The van der Waals surface area contributed by atoms with E-state index in [0.717, 1.165) is 38.4 Å². The number of nitrogens with zero attached hydrogens (tertiary/aromatic N) is 1. The largest absolute Gasteiger partial charge is 0.347 e. The molecular weight excluding hydrogens is 240 g/mol. The molecule has 4 nitrogen and oxygen atoms in total. The van der Waals surface area contributed by atoms with E-state index in [1.165, 1.54) is 12.8 Å². The molecule has 1 saturated heterocycles. The number of hydrogen-bond donors (Lipinski definition) is 1. The number of hydrogen-bond acceptors (Lipinski definition) is 4. The van der Waals surface area contributed by atoms with Crippen molar-refractivity contribution in [3.63, 3.8) is 0 Å². The lowest BCUT2D eigenvalue weighted by atomic mass is 9.84. The summed E-state index contributed by atoms with van der Waals surface area (Å²) in [6, 6.07) is 1.76. The van der Waals surface area contributed by atoms with Crippen molar-refractivity contribution in [3.8, 4) is 0 Å². The van der Waals surface area contributed by atoms with E-state index in [0.29, 0.717) is 18.1 Å². The first-order valence-electron chi connectivity index (χ1n) is 7.82. The maximum absolute atomic E-state index is 5.93. The number of nitrogens with one attached hydrogen (secondary N) is 1. The van der Waals surface area contributed by atoms with Gasteiger partial charge in [-0.3, -0.25) is 4.90 Å². The lowest BCUT2D eigenvalue weighted by Gasteiger charge is -2.46. The normalized spacial score (nSPS) is 36.0. The summed E-state index contributed by atoms with van der Waals surface area (Å²) in [6.45, 7) is 3.90. The van der Waals surface area contributed by atoms with E-state index in [4.69, 9.17) is 9.47 Å². The van der Waals surface area contributed by atoms with E-state index in [1.807, 2.05) is 0 Å². The minimum absolute atomic E-state index is 0.282. The Kier molecular flexibility index (Phi) is 3.87. The molecule has 4 heteroatoms. The van der Waals surface area contributed by atoms with E-state index >= 15 is 0 Å². The molecule has 3 fully saturated rings. The fraction of sp³-hybridized carbons (Fsp3) is 1.00. The molecule has 110 valence electrons. The van der Waals surface area contributed by atoms with E-state index in [9.17, 15) is 0 Å². The van der Waals surface area contributed by atoms with Crippen molar-refractivity contribution in [1.82, 2.24) is 10.2 Å². The summed E-state index contributed by atoms with van der Waals surface area (Å²) in [5.74, 6) is 0.626. The summed E-state index contributed by atoms with van der Waals surface area (Å²) in [4.78, 5) is 2.57. The van der Waals surface area contributed by atoms with Crippen LogP contribution in [0.1, 0.15) is 39.0 Å². The Morgan fingerprint density at radius 2 is 1.89 bits per heavy atom. The van der Waals surface area contributed by atoms with Gasteiger partial charge in [-0.25, -0.2) is 0 Å². The maximum Gasteiger partial charge on any atom is 0.170 e. The minimum Gasteiger partial charge on any atom is -0.347 e. The second kappa shape index (κ2) is 5.32. The smallest absolute Gasteiger partial charge is 0.170 e. The first kappa shape index (κ1) is 13.8. The van der Waals surface area contributed by atoms with E-state index < -0.39 is 0 Å². The topological polar surface area (TPSA) is 33.7 Å². The molecule has 0 amide bonds. The highest BCUT2D eigenvalue weighted by molar-refractivity contribution is 4.98. The molecule has 0 aromatic heterocycles. The van der Waals surface area contributed by atoms with Crippen molar-refractivity contribution in [2.45, 2.75) is 62.9 Å². The standard InChI is InChI=1S/C15H28N2O2/c1-11(12-4-5-12)17(3)14-10-15(18-8-9-19-15)7-6-13(14)16-2/h11-14,16H,4-10H2,1-3H3. The molecule has 3 unspecified atom stereocenters. The number of ether oxygens (including phenoxy) is 2. The summed E-state index contributed by atoms with van der Waals surface area (Å²) >= 11 is 0. The Balaban J connectivity index is 1.70. The zero-order valence-electron chi connectivity index (χ0n) is 12.5. The zero-order valence-corrected chi connectivity index (χ0v) is 12.5. The van der Waals surface area contributed by atoms with Crippen LogP contribution in [-0.2, 0) is 9.47 Å². The Bertz CT molecular complexity index is 313. The zero-order chi connectivity index (χ0) is 13.5. The summed E-state index contributed by atoms with van der Waals surface area (Å²) in [5.41, 5.74) is 0. The first-order chi connectivity index (χ1) is 9.15. The molecule has 2 saturated carbocycles. The molecule has 2 aliphatic carbocycles. The van der Waals surface area contributed by atoms with Crippen molar-refractivity contribution in [1.29, 1.82) is 0 Å². The predicted octanol–water partition coefficient (Wildman–Crippen LogP) is 1.60. The molecule has 1 aliphatic heterocycles. The van der Waals surface area contributed by atoms with Gasteiger partial charge in [0.05, 0.1) is 13.2 Å². The second-order valence-corrected chi connectivity index (χ2v) is 6.56. The Morgan fingerprint density at radius 3 is 2.47 bits per heavy atom. The summed E-state index contributed by atoms with van der Waals surface area (Å²) < 4.78 is 11.9. The van der Waals surface area contributed by atoms with Crippen LogP contribution in [0.3, 0.4) is 0 Å². The summed E-state index contributed by atoms with van der Waals surface area (Å²) in [7, 11) is 4.37. The molecule has 19 heavy (non-hydrogen) atoms. The Hall–Kier alpha value is -0.160. The van der Waals surface area contributed by atoms with Crippen LogP contribution in [0.5, 0.6) is 0 Å². The van der Waals surface area contributed by atoms with Crippen LogP contribution in [0.25, 0.3) is 0 Å². The number of likely N-dealkylation sites (N-methyl/N-ethyl adjacent to an activating group) is 2. The third kappa shape index (κ3) is 2.68. The van der Waals surface area contributed by atoms with Gasteiger partial charge in [0, 0.05) is 31.0 Å². The van der Waals surface area contributed by atoms with Gasteiger partial charge >= 0.3 is 0 Å². The van der Waals surface area contributed by atoms with Gasteiger partial charge in [0.2, 0.25) is 0 Å². The molecule has 3 rings (SSSR count). The molecule has 3 aliphatic rings. The molecule has 1 N–H and O–H groups in total. The molecule has 0 aromatic rings. The quantitative estimate of drug-likeness (QED) is 0.840. The lowest BCUT2D eigenvalue weighted by Crippen LogP contribution is -2.58. The van der Waals surface area contributed by atoms with Crippen LogP contribution in [-0.4, -0.2) is 56.1 Å². The van der Waals surface area contributed by atoms with Crippen LogP contribution in [0.15, 0.2) is 0 Å². The summed E-state index contributed by atoms with van der Waals surface area (Å²) in [5, 5.41) is 3.50. The highest BCUT2D eigenvalue weighted by Crippen LogP contribution is 2.41. The van der Waals surface area contributed by atoms with Gasteiger partial charge in [0.1, 0.15) is 0 Å². The van der Waals surface area contributed by atoms with Gasteiger partial charge in [-0.05, 0) is 46.2 Å². The van der Waals surface area contributed by atoms with Crippen molar-refractivity contribution in [3.05, 3.63) is 0 Å². The van der Waals surface area contributed by atoms with Crippen molar-refractivity contribution in [2.75, 3.05) is 27.3 Å². The van der Waals surface area contributed by atoms with Gasteiger partial charge in [-0.1, -0.05) is 0 Å². The highest BCUT2D eigenvalue weighted by Gasteiger charge is 2.47. The van der Waals surface area contributed by atoms with Gasteiger partial charge in [-0.15, -0.1) is 0 Å². The number of rotatable bonds is 4. The Morgan fingerprint density at radius 1 is 1.21 bits per heavy atom. The van der Waals surface area contributed by atoms with Crippen molar-refractivity contribution >= 4 is 0 Å². The van der Waals surface area contributed by atoms with Gasteiger partial charge in [0.25, 0.3) is 0 Å². The Labute approximate surface area is 116 Å². The van der Waals surface area contributed by atoms with E-state index in [1.54, 1.807) is 0 Å². The van der Waals surface area contributed by atoms with E-state index in [-0.39, 0.29) is 5.79 Å². The van der Waals surface area contributed by atoms with Crippen molar-refractivity contribution < 1.29 is 9.47 Å². The maximum atomic E-state index is 5.93. The fourth-order valence-electron chi connectivity index (χ4n) is 3.87. The van der Waals surface area contributed by atoms with Crippen LogP contribution in [0.4, 0.5) is 0 Å². The van der Waals surface area contributed by atoms with Crippen LogP contribution in [0.2, 0.25) is 0 Å². The van der Waals surface area contributed by atoms with Gasteiger partial charge in [-0.2, -0.15) is 0 Å². The molecule has 1 heterocycles. The van der Waals surface area contributed by atoms with Crippen molar-refractivity contribution in [2.24, 2.45) is 5.92 Å². The van der Waals surface area contributed by atoms with Gasteiger partial charge in [0.15, 0.2) is 5.79 Å². The first-order valence-corrected chi connectivity index (χ1v) is 7.82. The SMILES string of the molecule is CNC1CCC2(CC1N(C)C(C)C1CC1)OCCO2. The molecule has 1 spiro atoms. The predicted molar refractivity (Wildman–Crippen MR) is 75.1 cm³/mol.